The van der Waals surface area contributed by atoms with Gasteiger partial charge in [-0.1, -0.05) is 12.1 Å². The molecule has 5 nitrogen and oxygen atoms in total. The second kappa shape index (κ2) is 6.63. The molecule has 104 valence electrons. The fourth-order valence-electron chi connectivity index (χ4n) is 2.60. The summed E-state index contributed by atoms with van der Waals surface area (Å²) in [6, 6.07) is 6.84. The van der Waals surface area contributed by atoms with E-state index in [2.05, 4.69) is 17.3 Å². The Morgan fingerprint density at radius 2 is 1.95 bits per heavy atom. The van der Waals surface area contributed by atoms with E-state index in [4.69, 9.17) is 0 Å². The molecule has 0 radical (unpaired) electrons. The van der Waals surface area contributed by atoms with Crippen LogP contribution in [0.2, 0.25) is 0 Å². The second-order valence-corrected chi connectivity index (χ2v) is 5.31. The van der Waals surface area contributed by atoms with Gasteiger partial charge in [0.2, 0.25) is 0 Å². The summed E-state index contributed by atoms with van der Waals surface area (Å²) in [6.07, 6.45) is 2.48. The van der Waals surface area contributed by atoms with Gasteiger partial charge in [0.15, 0.2) is 0 Å². The molecule has 0 unspecified atom stereocenters. The van der Waals surface area contributed by atoms with Crippen molar-refractivity contribution >= 4 is 5.69 Å². The van der Waals surface area contributed by atoms with E-state index < -0.39 is 0 Å². The zero-order chi connectivity index (χ0) is 13.7. The predicted molar refractivity (Wildman–Crippen MR) is 75.0 cm³/mol. The summed E-state index contributed by atoms with van der Waals surface area (Å²) in [5.74, 6) is 0.768. The second-order valence-electron chi connectivity index (χ2n) is 5.31. The van der Waals surface area contributed by atoms with Crippen molar-refractivity contribution in [1.82, 2.24) is 10.2 Å². The molecule has 5 heteroatoms. The molecule has 0 aromatic heterocycles. The number of nitro benzene ring substituents is 1. The number of piperidine rings is 1. The molecule has 2 rings (SSSR count). The van der Waals surface area contributed by atoms with E-state index >= 15 is 0 Å². The lowest BCUT2D eigenvalue weighted by Gasteiger charge is -2.27. The third-order valence-corrected chi connectivity index (χ3v) is 3.63. The molecule has 0 atom stereocenters. The molecule has 1 aliphatic rings. The SMILES string of the molecule is CN(Cc1ccc([N+](=O)[O-])cc1)CC1CCNCC1. The van der Waals surface area contributed by atoms with E-state index in [0.717, 1.165) is 37.7 Å². The Morgan fingerprint density at radius 1 is 1.32 bits per heavy atom. The molecule has 1 aromatic carbocycles. The molecule has 0 spiro atoms. The maximum Gasteiger partial charge on any atom is 0.269 e. The molecule has 0 amide bonds. The minimum Gasteiger partial charge on any atom is -0.317 e. The van der Waals surface area contributed by atoms with Gasteiger partial charge in [-0.25, -0.2) is 0 Å². The fraction of sp³-hybridized carbons (Fsp3) is 0.571. The van der Waals surface area contributed by atoms with Gasteiger partial charge in [0.1, 0.15) is 0 Å². The average Bonchev–Trinajstić information content (AvgIpc) is 2.40. The summed E-state index contributed by atoms with van der Waals surface area (Å²) < 4.78 is 0. The van der Waals surface area contributed by atoms with Crippen LogP contribution in [0.4, 0.5) is 5.69 Å². The first-order chi connectivity index (χ1) is 9.15. The van der Waals surface area contributed by atoms with Crippen molar-refractivity contribution in [1.29, 1.82) is 0 Å². The zero-order valence-corrected chi connectivity index (χ0v) is 11.3. The molecule has 1 N–H and O–H groups in total. The van der Waals surface area contributed by atoms with Crippen molar-refractivity contribution in [3.05, 3.63) is 39.9 Å². The van der Waals surface area contributed by atoms with Crippen LogP contribution in [0.5, 0.6) is 0 Å². The summed E-state index contributed by atoms with van der Waals surface area (Å²) in [6.45, 7) is 4.19. The highest BCUT2D eigenvalue weighted by Gasteiger charge is 2.15. The van der Waals surface area contributed by atoms with Gasteiger partial charge in [0.05, 0.1) is 4.92 Å². The molecule has 1 fully saturated rings. The van der Waals surface area contributed by atoms with Gasteiger partial charge in [-0.3, -0.25) is 10.1 Å². The summed E-state index contributed by atoms with van der Waals surface area (Å²) in [4.78, 5) is 12.5. The van der Waals surface area contributed by atoms with Crippen LogP contribution in [0.15, 0.2) is 24.3 Å². The lowest BCUT2D eigenvalue weighted by molar-refractivity contribution is -0.384. The monoisotopic (exact) mass is 263 g/mol. The molecule has 1 saturated heterocycles. The molecule has 1 aromatic rings. The van der Waals surface area contributed by atoms with Gasteiger partial charge in [0.25, 0.3) is 5.69 Å². The van der Waals surface area contributed by atoms with Crippen molar-refractivity contribution in [3.8, 4) is 0 Å². The lowest BCUT2D eigenvalue weighted by atomic mass is 9.97. The van der Waals surface area contributed by atoms with Crippen LogP contribution in [0.3, 0.4) is 0 Å². The number of hydrogen-bond donors (Lipinski definition) is 1. The lowest BCUT2D eigenvalue weighted by Crippen LogP contribution is -2.34. The summed E-state index contributed by atoms with van der Waals surface area (Å²) in [7, 11) is 2.11. The minimum atomic E-state index is -0.359. The maximum absolute atomic E-state index is 10.6. The molecule has 1 heterocycles. The van der Waals surface area contributed by atoms with Crippen molar-refractivity contribution in [3.63, 3.8) is 0 Å². The van der Waals surface area contributed by atoms with Crippen molar-refractivity contribution in [2.45, 2.75) is 19.4 Å². The number of non-ortho nitro benzene ring substituents is 1. The third kappa shape index (κ3) is 4.29. The molecule has 19 heavy (non-hydrogen) atoms. The number of rotatable bonds is 5. The first-order valence-electron chi connectivity index (χ1n) is 6.78. The standard InChI is InChI=1S/C14H21N3O2/c1-16(11-13-6-8-15-9-7-13)10-12-2-4-14(5-3-12)17(18)19/h2-5,13,15H,6-11H2,1H3. The Hall–Kier alpha value is -1.46. The molecular weight excluding hydrogens is 242 g/mol. The van der Waals surface area contributed by atoms with Crippen LogP contribution in [-0.2, 0) is 6.54 Å². The number of nitrogens with zero attached hydrogens (tertiary/aromatic N) is 2. The topological polar surface area (TPSA) is 58.4 Å². The highest BCUT2D eigenvalue weighted by Crippen LogP contribution is 2.16. The fourth-order valence-corrected chi connectivity index (χ4v) is 2.60. The highest BCUT2D eigenvalue weighted by molar-refractivity contribution is 5.32. The average molecular weight is 263 g/mol. The zero-order valence-electron chi connectivity index (χ0n) is 11.3. The van der Waals surface area contributed by atoms with Crippen LogP contribution in [0, 0.1) is 16.0 Å². The first kappa shape index (κ1) is 14.0. The van der Waals surface area contributed by atoms with Crippen LogP contribution < -0.4 is 5.32 Å². The van der Waals surface area contributed by atoms with Gasteiger partial charge < -0.3 is 10.2 Å². The van der Waals surface area contributed by atoms with Gasteiger partial charge in [0, 0.05) is 25.2 Å². The number of nitro groups is 1. The molecule has 1 aliphatic heterocycles. The minimum absolute atomic E-state index is 0.157. The highest BCUT2D eigenvalue weighted by atomic mass is 16.6. The van der Waals surface area contributed by atoms with E-state index in [0.29, 0.717) is 0 Å². The van der Waals surface area contributed by atoms with Crippen LogP contribution in [0.25, 0.3) is 0 Å². The maximum atomic E-state index is 10.6. The Labute approximate surface area is 113 Å². The van der Waals surface area contributed by atoms with Crippen LogP contribution >= 0.6 is 0 Å². The van der Waals surface area contributed by atoms with E-state index in [1.165, 1.54) is 12.8 Å². The van der Waals surface area contributed by atoms with E-state index in [1.54, 1.807) is 12.1 Å². The largest absolute Gasteiger partial charge is 0.317 e. The van der Waals surface area contributed by atoms with E-state index in [-0.39, 0.29) is 10.6 Å². The van der Waals surface area contributed by atoms with Crippen molar-refractivity contribution in [2.24, 2.45) is 5.92 Å². The smallest absolute Gasteiger partial charge is 0.269 e. The first-order valence-corrected chi connectivity index (χ1v) is 6.78. The summed E-state index contributed by atoms with van der Waals surface area (Å²) in [5, 5.41) is 14.0. The number of nitrogens with one attached hydrogen (secondary N) is 1. The third-order valence-electron chi connectivity index (χ3n) is 3.63. The van der Waals surface area contributed by atoms with Crippen molar-refractivity contribution < 1.29 is 4.92 Å². The summed E-state index contributed by atoms with van der Waals surface area (Å²) >= 11 is 0. The van der Waals surface area contributed by atoms with Gasteiger partial charge >= 0.3 is 0 Å². The Balaban J connectivity index is 1.83. The van der Waals surface area contributed by atoms with Gasteiger partial charge in [-0.15, -0.1) is 0 Å². The molecule has 0 aliphatic carbocycles. The van der Waals surface area contributed by atoms with Gasteiger partial charge in [-0.05, 0) is 44.5 Å². The van der Waals surface area contributed by atoms with Crippen molar-refractivity contribution in [2.75, 3.05) is 26.7 Å². The molecule has 0 saturated carbocycles. The molecular formula is C14H21N3O2. The molecule has 0 bridgehead atoms. The van der Waals surface area contributed by atoms with E-state index in [1.807, 2.05) is 12.1 Å². The summed E-state index contributed by atoms with van der Waals surface area (Å²) in [5.41, 5.74) is 1.28. The van der Waals surface area contributed by atoms with Gasteiger partial charge in [-0.2, -0.15) is 0 Å². The quantitative estimate of drug-likeness (QED) is 0.652. The Morgan fingerprint density at radius 3 is 2.53 bits per heavy atom. The predicted octanol–water partition coefficient (Wildman–Crippen LogP) is 2.03. The number of hydrogen-bond acceptors (Lipinski definition) is 4. The van der Waals surface area contributed by atoms with E-state index in [9.17, 15) is 10.1 Å². The Kier molecular flexibility index (Phi) is 4.87. The Bertz CT molecular complexity index is 413. The number of benzene rings is 1. The normalized spacial score (nSPS) is 16.7. The van der Waals surface area contributed by atoms with Crippen LogP contribution in [0.1, 0.15) is 18.4 Å². The van der Waals surface area contributed by atoms with Crippen LogP contribution in [-0.4, -0.2) is 36.5 Å².